The summed E-state index contributed by atoms with van der Waals surface area (Å²) < 4.78 is 0.100. The summed E-state index contributed by atoms with van der Waals surface area (Å²) in [5, 5.41) is 2.41. The summed E-state index contributed by atoms with van der Waals surface area (Å²) in [4.78, 5) is 35.6. The third-order valence-corrected chi connectivity index (χ3v) is 3.83. The van der Waals surface area contributed by atoms with Gasteiger partial charge in [0.2, 0.25) is 17.5 Å². The first-order valence-electron chi connectivity index (χ1n) is 5.71. The van der Waals surface area contributed by atoms with Crippen molar-refractivity contribution in [3.63, 3.8) is 0 Å². The molecule has 0 fully saturated rings. The van der Waals surface area contributed by atoms with Gasteiger partial charge in [0.1, 0.15) is 5.70 Å². The molecule has 1 amide bonds. The second-order valence-corrected chi connectivity index (χ2v) is 5.30. The molecule has 0 unspecified atom stereocenters. The number of aryl methyl sites for hydroxylation is 2. The Hall–Kier alpha value is -1.75. The van der Waals surface area contributed by atoms with Crippen LogP contribution in [0.2, 0.25) is 0 Å². The van der Waals surface area contributed by atoms with E-state index in [1.807, 2.05) is 13.8 Å². The van der Waals surface area contributed by atoms with Crippen LogP contribution in [0.15, 0.2) is 22.3 Å². The lowest BCUT2D eigenvalue weighted by molar-refractivity contribution is -0.118. The molecule has 0 spiro atoms. The summed E-state index contributed by atoms with van der Waals surface area (Å²) >= 11 is 3.10. The summed E-state index contributed by atoms with van der Waals surface area (Å²) in [5.74, 6) is -1.03. The van der Waals surface area contributed by atoms with Gasteiger partial charge in [-0.3, -0.25) is 14.4 Å². The Morgan fingerprint density at radius 3 is 2.00 bits per heavy atom. The fourth-order valence-electron chi connectivity index (χ4n) is 1.95. The topological polar surface area (TPSA) is 63.2 Å². The molecule has 19 heavy (non-hydrogen) atoms. The molecule has 0 saturated carbocycles. The van der Waals surface area contributed by atoms with Crippen molar-refractivity contribution in [2.75, 3.05) is 0 Å². The molecule has 5 heteroatoms. The number of benzene rings is 1. The molecule has 0 aromatic heterocycles. The number of ketones is 2. The summed E-state index contributed by atoms with van der Waals surface area (Å²) in [7, 11) is 0. The van der Waals surface area contributed by atoms with Gasteiger partial charge in [0.25, 0.3) is 0 Å². The Morgan fingerprint density at radius 2 is 1.53 bits per heavy atom. The van der Waals surface area contributed by atoms with Crippen LogP contribution in [-0.2, 0) is 4.79 Å². The van der Waals surface area contributed by atoms with Crippen LogP contribution >= 0.6 is 15.9 Å². The van der Waals surface area contributed by atoms with Crippen molar-refractivity contribution in [3.8, 4) is 0 Å². The number of fused-ring (bicyclic) bond motifs is 1. The van der Waals surface area contributed by atoms with Gasteiger partial charge in [0.15, 0.2) is 0 Å². The Morgan fingerprint density at radius 1 is 1.05 bits per heavy atom. The quantitative estimate of drug-likeness (QED) is 0.864. The fourth-order valence-corrected chi connectivity index (χ4v) is 2.44. The van der Waals surface area contributed by atoms with Gasteiger partial charge in [-0.1, -0.05) is 0 Å². The minimum atomic E-state index is -0.389. The van der Waals surface area contributed by atoms with E-state index in [1.54, 1.807) is 12.1 Å². The number of carbonyl (C=O) groups is 3. The molecule has 0 heterocycles. The zero-order valence-corrected chi connectivity index (χ0v) is 12.3. The molecule has 1 aliphatic carbocycles. The SMILES string of the molecule is CC(=O)NC1=C(Br)C(=O)c2cc(C)c(C)cc2C1=O. The van der Waals surface area contributed by atoms with Crippen LogP contribution in [0.1, 0.15) is 38.8 Å². The first-order valence-corrected chi connectivity index (χ1v) is 6.50. The molecule has 4 nitrogen and oxygen atoms in total. The number of halogens is 1. The van der Waals surface area contributed by atoms with Crippen molar-refractivity contribution in [1.82, 2.24) is 5.32 Å². The number of amides is 1. The summed E-state index contributed by atoms with van der Waals surface area (Å²) in [6.45, 7) is 5.05. The molecule has 1 N–H and O–H groups in total. The fraction of sp³-hybridized carbons (Fsp3) is 0.214. The second kappa shape index (κ2) is 4.74. The molecule has 0 saturated heterocycles. The minimum absolute atomic E-state index is 0.00764. The maximum Gasteiger partial charge on any atom is 0.221 e. The molecule has 1 aromatic rings. The van der Waals surface area contributed by atoms with Gasteiger partial charge in [-0.2, -0.15) is 0 Å². The Kier molecular flexibility index (Phi) is 3.41. The smallest absolute Gasteiger partial charge is 0.221 e. The van der Waals surface area contributed by atoms with Gasteiger partial charge >= 0.3 is 0 Å². The zero-order valence-electron chi connectivity index (χ0n) is 10.8. The van der Waals surface area contributed by atoms with Crippen LogP contribution in [0.5, 0.6) is 0 Å². The lowest BCUT2D eigenvalue weighted by Crippen LogP contribution is -2.31. The summed E-state index contributed by atoms with van der Waals surface area (Å²) in [5.41, 5.74) is 2.59. The first-order chi connectivity index (χ1) is 8.82. The molecule has 0 radical (unpaired) electrons. The van der Waals surface area contributed by atoms with Crippen LogP contribution < -0.4 is 5.32 Å². The largest absolute Gasteiger partial charge is 0.322 e. The van der Waals surface area contributed by atoms with E-state index in [-0.39, 0.29) is 27.7 Å². The molecule has 2 rings (SSSR count). The molecule has 0 atom stereocenters. The number of hydrogen-bond donors (Lipinski definition) is 1. The molecular formula is C14H12BrNO3. The van der Waals surface area contributed by atoms with Crippen LogP contribution in [0, 0.1) is 13.8 Å². The highest BCUT2D eigenvalue weighted by atomic mass is 79.9. The minimum Gasteiger partial charge on any atom is -0.322 e. The predicted octanol–water partition coefficient (Wildman–Crippen LogP) is 2.43. The average Bonchev–Trinajstić information content (AvgIpc) is 2.34. The van der Waals surface area contributed by atoms with Crippen molar-refractivity contribution in [2.45, 2.75) is 20.8 Å². The average molecular weight is 322 g/mol. The molecular weight excluding hydrogens is 310 g/mol. The van der Waals surface area contributed by atoms with Crippen LogP contribution in [0.25, 0.3) is 0 Å². The van der Waals surface area contributed by atoms with Crippen LogP contribution in [0.4, 0.5) is 0 Å². The molecule has 1 aliphatic rings. The zero-order chi connectivity index (χ0) is 14.3. The van der Waals surface area contributed by atoms with Gasteiger partial charge in [-0.25, -0.2) is 0 Å². The number of hydrogen-bond acceptors (Lipinski definition) is 3. The van der Waals surface area contributed by atoms with E-state index in [4.69, 9.17) is 0 Å². The van der Waals surface area contributed by atoms with E-state index in [1.165, 1.54) is 6.92 Å². The second-order valence-electron chi connectivity index (χ2n) is 4.51. The Balaban J connectivity index is 2.64. The van der Waals surface area contributed by atoms with Crippen molar-refractivity contribution in [2.24, 2.45) is 0 Å². The van der Waals surface area contributed by atoms with Crippen molar-refractivity contribution in [3.05, 3.63) is 44.6 Å². The summed E-state index contributed by atoms with van der Waals surface area (Å²) in [6.07, 6.45) is 0. The predicted molar refractivity (Wildman–Crippen MR) is 74.3 cm³/mol. The van der Waals surface area contributed by atoms with Crippen molar-refractivity contribution in [1.29, 1.82) is 0 Å². The van der Waals surface area contributed by atoms with Crippen LogP contribution in [0.3, 0.4) is 0 Å². The Labute approximate surface area is 119 Å². The third-order valence-electron chi connectivity index (χ3n) is 3.07. The maximum absolute atomic E-state index is 12.3. The van der Waals surface area contributed by atoms with E-state index < -0.39 is 0 Å². The van der Waals surface area contributed by atoms with Crippen molar-refractivity contribution < 1.29 is 14.4 Å². The Bertz CT molecular complexity index is 659. The van der Waals surface area contributed by atoms with Gasteiger partial charge in [-0.15, -0.1) is 0 Å². The van der Waals surface area contributed by atoms with E-state index in [2.05, 4.69) is 21.2 Å². The lowest BCUT2D eigenvalue weighted by Gasteiger charge is -2.19. The monoisotopic (exact) mass is 321 g/mol. The highest BCUT2D eigenvalue weighted by Crippen LogP contribution is 2.30. The number of nitrogens with one attached hydrogen (secondary N) is 1. The number of carbonyl (C=O) groups excluding carboxylic acids is 3. The molecule has 0 aliphatic heterocycles. The molecule has 98 valence electrons. The van der Waals surface area contributed by atoms with Crippen LogP contribution in [-0.4, -0.2) is 17.5 Å². The standard InChI is InChI=1S/C14H12BrNO3/c1-6-4-9-10(5-7(6)2)14(19)12(16-8(3)17)11(15)13(9)18/h4-5H,1-3H3,(H,16,17). The number of rotatable bonds is 1. The normalized spacial score (nSPS) is 14.5. The highest BCUT2D eigenvalue weighted by molar-refractivity contribution is 9.12. The van der Waals surface area contributed by atoms with Gasteiger partial charge in [-0.05, 0) is 53.0 Å². The number of Topliss-reactive ketones (excluding diaryl/α,β-unsaturated/α-hetero) is 2. The van der Waals surface area contributed by atoms with E-state index >= 15 is 0 Å². The third kappa shape index (κ3) is 2.26. The lowest BCUT2D eigenvalue weighted by atomic mass is 9.89. The van der Waals surface area contributed by atoms with E-state index in [9.17, 15) is 14.4 Å². The first kappa shape index (κ1) is 13.7. The summed E-state index contributed by atoms with van der Waals surface area (Å²) in [6, 6.07) is 3.39. The molecule has 1 aromatic carbocycles. The number of allylic oxidation sites excluding steroid dienone is 2. The van der Waals surface area contributed by atoms with E-state index in [0.717, 1.165) is 11.1 Å². The molecule has 0 bridgehead atoms. The van der Waals surface area contributed by atoms with Gasteiger partial charge < -0.3 is 5.32 Å². The highest BCUT2D eigenvalue weighted by Gasteiger charge is 2.32. The van der Waals surface area contributed by atoms with E-state index in [0.29, 0.717) is 11.1 Å². The van der Waals surface area contributed by atoms with Crippen molar-refractivity contribution >= 4 is 33.4 Å². The maximum atomic E-state index is 12.3. The van der Waals surface area contributed by atoms with Gasteiger partial charge in [0, 0.05) is 18.1 Å². The van der Waals surface area contributed by atoms with Gasteiger partial charge in [0.05, 0.1) is 4.48 Å².